The lowest BCUT2D eigenvalue weighted by molar-refractivity contribution is -0.132. The second-order valence-corrected chi connectivity index (χ2v) is 6.57. The highest BCUT2D eigenvalue weighted by Gasteiger charge is 2.51. The Labute approximate surface area is 142 Å². The first-order chi connectivity index (χ1) is 11.7. The van der Waals surface area contributed by atoms with E-state index in [1.54, 1.807) is 6.08 Å². The van der Waals surface area contributed by atoms with E-state index in [0.29, 0.717) is 12.2 Å². The summed E-state index contributed by atoms with van der Waals surface area (Å²) in [6.45, 7) is 0.644. The van der Waals surface area contributed by atoms with Crippen molar-refractivity contribution in [1.82, 2.24) is 4.90 Å². The van der Waals surface area contributed by atoms with Crippen LogP contribution in [-0.2, 0) is 11.3 Å². The number of rotatable bonds is 4. The van der Waals surface area contributed by atoms with Crippen molar-refractivity contribution in [2.24, 2.45) is 0 Å². The molecule has 0 atom stereocenters. The van der Waals surface area contributed by atoms with Gasteiger partial charge in [0.15, 0.2) is 0 Å². The van der Waals surface area contributed by atoms with Crippen molar-refractivity contribution in [1.29, 1.82) is 0 Å². The van der Waals surface area contributed by atoms with Gasteiger partial charge in [0.05, 0.1) is 16.9 Å². The molecule has 0 bridgehead atoms. The van der Waals surface area contributed by atoms with Crippen molar-refractivity contribution in [2.75, 3.05) is 11.1 Å². The Morgan fingerprint density at radius 1 is 1.04 bits per heavy atom. The average molecular weight is 319 g/mol. The molecule has 0 unspecified atom stereocenters. The number of amides is 1. The quantitative estimate of drug-likeness (QED) is 0.848. The van der Waals surface area contributed by atoms with E-state index in [-0.39, 0.29) is 11.4 Å². The lowest BCUT2D eigenvalue weighted by Crippen LogP contribution is -2.53. The molecule has 1 saturated carbocycles. The van der Waals surface area contributed by atoms with Crippen LogP contribution in [0.15, 0.2) is 66.4 Å². The minimum Gasteiger partial charge on any atom is -0.397 e. The van der Waals surface area contributed by atoms with Gasteiger partial charge in [0.2, 0.25) is 5.91 Å². The number of benzene rings is 2. The standard InChI is InChI=1S/C20H21N3O/c21-16-9-4-5-10-17(16)22-18-13-19(24)23(20(18)11-6-12-20)14-15-7-2-1-3-8-15/h1-5,7-10,13,22H,6,11-12,14,21H2. The number of nitrogens with two attached hydrogens (primary N) is 1. The molecular formula is C20H21N3O. The van der Waals surface area contributed by atoms with Gasteiger partial charge in [-0.25, -0.2) is 0 Å². The van der Waals surface area contributed by atoms with E-state index >= 15 is 0 Å². The Hall–Kier alpha value is -2.75. The third kappa shape index (κ3) is 2.35. The number of hydrogen-bond donors (Lipinski definition) is 2. The van der Waals surface area contributed by atoms with Crippen LogP contribution in [0.4, 0.5) is 11.4 Å². The van der Waals surface area contributed by atoms with E-state index in [2.05, 4.69) is 17.4 Å². The molecule has 4 heteroatoms. The van der Waals surface area contributed by atoms with Crippen molar-refractivity contribution in [3.8, 4) is 0 Å². The Balaban J connectivity index is 1.61. The number of nitrogen functional groups attached to an aromatic ring is 1. The van der Waals surface area contributed by atoms with E-state index in [1.807, 2.05) is 47.4 Å². The van der Waals surface area contributed by atoms with Gasteiger partial charge < -0.3 is 16.0 Å². The van der Waals surface area contributed by atoms with Crippen LogP contribution >= 0.6 is 0 Å². The van der Waals surface area contributed by atoms with E-state index in [4.69, 9.17) is 5.73 Å². The molecule has 1 spiro atoms. The van der Waals surface area contributed by atoms with Crippen LogP contribution in [0.3, 0.4) is 0 Å². The minimum atomic E-state index is -0.199. The number of carbonyl (C=O) groups excluding carboxylic acids is 1. The first kappa shape index (κ1) is 14.8. The summed E-state index contributed by atoms with van der Waals surface area (Å²) in [5.74, 6) is 0.0792. The monoisotopic (exact) mass is 319 g/mol. The summed E-state index contributed by atoms with van der Waals surface area (Å²) in [7, 11) is 0. The lowest BCUT2D eigenvalue weighted by Gasteiger charge is -2.48. The largest absolute Gasteiger partial charge is 0.397 e. The van der Waals surface area contributed by atoms with Crippen LogP contribution in [0.25, 0.3) is 0 Å². The normalized spacial score (nSPS) is 18.4. The van der Waals surface area contributed by atoms with Crippen LogP contribution < -0.4 is 11.1 Å². The fourth-order valence-corrected chi connectivity index (χ4v) is 3.65. The van der Waals surface area contributed by atoms with Gasteiger partial charge in [0, 0.05) is 18.3 Å². The predicted molar refractivity (Wildman–Crippen MR) is 96.1 cm³/mol. The molecule has 0 aromatic heterocycles. The fourth-order valence-electron chi connectivity index (χ4n) is 3.65. The van der Waals surface area contributed by atoms with Crippen molar-refractivity contribution < 1.29 is 4.79 Å². The molecule has 2 aliphatic rings. The maximum Gasteiger partial charge on any atom is 0.249 e. The number of carbonyl (C=O) groups is 1. The number of hydrogen-bond acceptors (Lipinski definition) is 3. The second kappa shape index (κ2) is 5.71. The molecule has 2 aromatic carbocycles. The summed E-state index contributed by atoms with van der Waals surface area (Å²) < 4.78 is 0. The number of nitrogens with one attached hydrogen (secondary N) is 1. The van der Waals surface area contributed by atoms with Gasteiger partial charge in [-0.2, -0.15) is 0 Å². The zero-order valence-electron chi connectivity index (χ0n) is 13.5. The van der Waals surface area contributed by atoms with Gasteiger partial charge >= 0.3 is 0 Å². The van der Waals surface area contributed by atoms with Crippen LogP contribution in [0.5, 0.6) is 0 Å². The first-order valence-electron chi connectivity index (χ1n) is 8.38. The second-order valence-electron chi connectivity index (χ2n) is 6.57. The summed E-state index contributed by atoms with van der Waals surface area (Å²) in [5.41, 5.74) is 9.55. The molecule has 0 saturated heterocycles. The Morgan fingerprint density at radius 3 is 2.42 bits per heavy atom. The molecule has 4 nitrogen and oxygen atoms in total. The molecule has 1 fully saturated rings. The number of anilines is 2. The summed E-state index contributed by atoms with van der Waals surface area (Å²) in [5, 5.41) is 3.42. The molecular weight excluding hydrogens is 298 g/mol. The van der Waals surface area contributed by atoms with Crippen LogP contribution in [0.1, 0.15) is 24.8 Å². The van der Waals surface area contributed by atoms with E-state index in [1.165, 1.54) is 0 Å². The van der Waals surface area contributed by atoms with Crippen LogP contribution in [-0.4, -0.2) is 16.3 Å². The van der Waals surface area contributed by atoms with Crippen LogP contribution in [0, 0.1) is 0 Å². The first-order valence-corrected chi connectivity index (χ1v) is 8.38. The van der Waals surface area contributed by atoms with Crippen LogP contribution in [0.2, 0.25) is 0 Å². The van der Waals surface area contributed by atoms with Gasteiger partial charge in [-0.05, 0) is 37.0 Å². The molecule has 2 aromatic rings. The fraction of sp³-hybridized carbons (Fsp3) is 0.250. The SMILES string of the molecule is Nc1ccccc1NC1=CC(=O)N(Cc2ccccc2)C12CCC2. The third-order valence-electron chi connectivity index (χ3n) is 5.15. The Bertz CT molecular complexity index is 794. The van der Waals surface area contributed by atoms with Crippen molar-refractivity contribution in [2.45, 2.75) is 31.3 Å². The van der Waals surface area contributed by atoms with E-state index in [9.17, 15) is 4.79 Å². The molecule has 122 valence electrons. The summed E-state index contributed by atoms with van der Waals surface area (Å²) >= 11 is 0. The maximum atomic E-state index is 12.7. The highest BCUT2D eigenvalue weighted by atomic mass is 16.2. The smallest absolute Gasteiger partial charge is 0.249 e. The Morgan fingerprint density at radius 2 is 1.75 bits per heavy atom. The molecule has 1 heterocycles. The zero-order chi connectivity index (χ0) is 16.6. The molecule has 3 N–H and O–H groups in total. The van der Waals surface area contributed by atoms with E-state index < -0.39 is 0 Å². The van der Waals surface area contributed by atoms with Crippen molar-refractivity contribution >= 4 is 17.3 Å². The van der Waals surface area contributed by atoms with Crippen molar-refractivity contribution in [3.63, 3.8) is 0 Å². The zero-order valence-corrected chi connectivity index (χ0v) is 13.5. The maximum absolute atomic E-state index is 12.7. The molecule has 0 radical (unpaired) electrons. The summed E-state index contributed by atoms with van der Waals surface area (Å²) in [6.07, 6.45) is 4.88. The average Bonchev–Trinajstić information content (AvgIpc) is 2.83. The number of nitrogens with zero attached hydrogens (tertiary/aromatic N) is 1. The summed E-state index contributed by atoms with van der Waals surface area (Å²) in [6, 6.07) is 17.8. The highest BCUT2D eigenvalue weighted by Crippen LogP contribution is 2.48. The van der Waals surface area contributed by atoms with Crippen molar-refractivity contribution in [3.05, 3.63) is 71.9 Å². The lowest BCUT2D eigenvalue weighted by atomic mass is 9.74. The van der Waals surface area contributed by atoms with E-state index in [0.717, 1.165) is 36.2 Å². The summed E-state index contributed by atoms with van der Waals surface area (Å²) in [4.78, 5) is 14.7. The van der Waals surface area contributed by atoms with Gasteiger partial charge in [-0.3, -0.25) is 4.79 Å². The van der Waals surface area contributed by atoms with Gasteiger partial charge in [-0.15, -0.1) is 0 Å². The minimum absolute atomic E-state index is 0.0792. The van der Waals surface area contributed by atoms with Gasteiger partial charge in [-0.1, -0.05) is 42.5 Å². The van der Waals surface area contributed by atoms with Gasteiger partial charge in [0.1, 0.15) is 0 Å². The molecule has 1 aliphatic carbocycles. The molecule has 1 amide bonds. The predicted octanol–water partition coefficient (Wildman–Crippen LogP) is 3.53. The topological polar surface area (TPSA) is 58.4 Å². The highest BCUT2D eigenvalue weighted by molar-refractivity contribution is 5.94. The Kier molecular flexibility index (Phi) is 3.53. The molecule has 1 aliphatic heterocycles. The third-order valence-corrected chi connectivity index (χ3v) is 5.15. The van der Waals surface area contributed by atoms with Gasteiger partial charge in [0.25, 0.3) is 0 Å². The molecule has 4 rings (SSSR count). The number of para-hydroxylation sites is 2. The molecule has 24 heavy (non-hydrogen) atoms.